The highest BCUT2D eigenvalue weighted by Crippen LogP contribution is 2.44. The fraction of sp³-hybridized carbons (Fsp3) is 0.214. The van der Waals surface area contributed by atoms with E-state index in [0.717, 1.165) is 57.3 Å². The number of carboxylic acid groups (broad SMARTS) is 1. The van der Waals surface area contributed by atoms with E-state index < -0.39 is 5.97 Å². The lowest BCUT2D eigenvalue weighted by Crippen LogP contribution is -2.11. The van der Waals surface area contributed by atoms with Crippen LogP contribution >= 0.6 is 15.9 Å². The lowest BCUT2D eigenvalue weighted by Gasteiger charge is -2.16. The van der Waals surface area contributed by atoms with Crippen LogP contribution in [0.3, 0.4) is 0 Å². The van der Waals surface area contributed by atoms with Gasteiger partial charge in [0.05, 0.1) is 5.56 Å². The highest BCUT2D eigenvalue weighted by Gasteiger charge is 2.22. The first-order chi connectivity index (χ1) is 16.4. The molecule has 0 fully saturated rings. The minimum Gasteiger partial charge on any atom is -0.488 e. The van der Waals surface area contributed by atoms with Crippen LogP contribution in [0.1, 0.15) is 59.7 Å². The van der Waals surface area contributed by atoms with Crippen molar-refractivity contribution in [1.82, 2.24) is 0 Å². The van der Waals surface area contributed by atoms with Crippen LogP contribution in [0.5, 0.6) is 5.75 Å². The minimum atomic E-state index is -1.02. The number of allylic oxidation sites excluding steroid dienone is 2. The van der Waals surface area contributed by atoms with Crippen LogP contribution < -0.4 is 10.1 Å². The van der Waals surface area contributed by atoms with E-state index in [2.05, 4.69) is 27.3 Å². The molecular weight excluding hydrogens is 494 g/mol. The molecule has 0 saturated carbocycles. The molecule has 3 aromatic rings. The predicted molar refractivity (Wildman–Crippen MR) is 138 cm³/mol. The average Bonchev–Trinajstić information content (AvgIpc) is 3.33. The number of benzene rings is 3. The Hall–Kier alpha value is -3.38. The zero-order chi connectivity index (χ0) is 24.1. The van der Waals surface area contributed by atoms with Gasteiger partial charge < -0.3 is 15.2 Å². The van der Waals surface area contributed by atoms with E-state index in [4.69, 9.17) is 4.74 Å². The third-order valence-corrected chi connectivity index (χ3v) is 6.35. The van der Waals surface area contributed by atoms with Crippen molar-refractivity contribution in [3.05, 3.63) is 93.5 Å². The van der Waals surface area contributed by atoms with Gasteiger partial charge in [-0.3, -0.25) is 4.79 Å². The van der Waals surface area contributed by atoms with Crippen molar-refractivity contribution in [3.63, 3.8) is 0 Å². The van der Waals surface area contributed by atoms with E-state index in [-0.39, 0.29) is 11.5 Å². The van der Waals surface area contributed by atoms with Gasteiger partial charge in [0.25, 0.3) is 0 Å². The van der Waals surface area contributed by atoms with Gasteiger partial charge in [-0.05, 0) is 77.9 Å². The Labute approximate surface area is 207 Å². The average molecular weight is 520 g/mol. The molecule has 3 aromatic carbocycles. The van der Waals surface area contributed by atoms with Crippen LogP contribution in [0.2, 0.25) is 0 Å². The first kappa shape index (κ1) is 23.8. The van der Waals surface area contributed by atoms with E-state index in [0.29, 0.717) is 18.7 Å². The zero-order valence-electron chi connectivity index (χ0n) is 18.9. The third-order valence-electron chi connectivity index (χ3n) is 5.86. The van der Waals surface area contributed by atoms with Crippen LogP contribution in [0, 0.1) is 0 Å². The van der Waals surface area contributed by atoms with Crippen molar-refractivity contribution < 1.29 is 19.4 Å². The van der Waals surface area contributed by atoms with E-state index in [1.54, 1.807) is 13.0 Å². The minimum absolute atomic E-state index is 0.150. The number of carboxylic acids is 1. The molecule has 0 atom stereocenters. The van der Waals surface area contributed by atoms with Crippen LogP contribution in [-0.2, 0) is 11.4 Å². The van der Waals surface area contributed by atoms with Gasteiger partial charge in [0.1, 0.15) is 12.4 Å². The quantitative estimate of drug-likeness (QED) is 0.330. The third kappa shape index (κ3) is 5.57. The summed E-state index contributed by atoms with van der Waals surface area (Å²) in [5, 5.41) is 12.5. The molecular formula is C28H26BrNO4. The van der Waals surface area contributed by atoms with Gasteiger partial charge in [0, 0.05) is 22.1 Å². The molecule has 2 N–H and O–H groups in total. The summed E-state index contributed by atoms with van der Waals surface area (Å²) in [5.74, 6) is -0.392. The van der Waals surface area contributed by atoms with Crippen LogP contribution in [-0.4, -0.2) is 17.0 Å². The molecule has 174 valence electrons. The number of anilines is 1. The second kappa shape index (κ2) is 10.7. The fourth-order valence-electron chi connectivity index (χ4n) is 4.21. The van der Waals surface area contributed by atoms with Crippen molar-refractivity contribution in [3.8, 4) is 5.75 Å². The van der Waals surface area contributed by atoms with Gasteiger partial charge in [-0.15, -0.1) is 0 Å². The standard InChI is InChI=1S/C28H26BrNO4/c1-2-27(31)30-22-14-19(13-20(15-22)28(32)33)23-9-6-10-24(23)25-16-21(29)11-12-26(25)34-17-18-7-4-3-5-8-18/h3-5,7-8,11-16H,2,6,9-10,17H2,1H3,(H,30,31)(H,32,33). The van der Waals surface area contributed by atoms with Gasteiger partial charge in [0.15, 0.2) is 0 Å². The topological polar surface area (TPSA) is 75.6 Å². The molecule has 4 rings (SSSR count). The Bertz CT molecular complexity index is 1250. The number of carbonyl (C=O) groups excluding carboxylic acids is 1. The Morgan fingerprint density at radius 2 is 1.76 bits per heavy atom. The number of carbonyl (C=O) groups is 2. The summed E-state index contributed by atoms with van der Waals surface area (Å²) in [5.41, 5.74) is 5.76. The SMILES string of the molecule is CCC(=O)Nc1cc(C(=O)O)cc(C2=C(c3cc(Br)ccc3OCc3ccccc3)CCC2)c1. The number of aromatic carboxylic acids is 1. The fourth-order valence-corrected chi connectivity index (χ4v) is 4.57. The molecule has 1 aliphatic carbocycles. The maximum Gasteiger partial charge on any atom is 0.335 e. The lowest BCUT2D eigenvalue weighted by atomic mass is 9.94. The summed E-state index contributed by atoms with van der Waals surface area (Å²) in [6.45, 7) is 2.22. The molecule has 0 saturated heterocycles. The van der Waals surface area contributed by atoms with Crippen LogP contribution in [0.25, 0.3) is 11.1 Å². The summed E-state index contributed by atoms with van der Waals surface area (Å²) in [6.07, 6.45) is 2.97. The van der Waals surface area contributed by atoms with Crippen molar-refractivity contribution in [2.75, 3.05) is 5.32 Å². The first-order valence-corrected chi connectivity index (χ1v) is 12.1. The second-order valence-corrected chi connectivity index (χ2v) is 9.15. The monoisotopic (exact) mass is 519 g/mol. The molecule has 0 heterocycles. The lowest BCUT2D eigenvalue weighted by molar-refractivity contribution is -0.115. The van der Waals surface area contributed by atoms with Gasteiger partial charge in [-0.2, -0.15) is 0 Å². The first-order valence-electron chi connectivity index (χ1n) is 11.3. The number of nitrogens with one attached hydrogen (secondary N) is 1. The van der Waals surface area contributed by atoms with Gasteiger partial charge in [-0.1, -0.05) is 53.2 Å². The highest BCUT2D eigenvalue weighted by atomic mass is 79.9. The molecule has 5 nitrogen and oxygen atoms in total. The van der Waals surface area contributed by atoms with Crippen LogP contribution in [0.4, 0.5) is 5.69 Å². The van der Waals surface area contributed by atoms with Gasteiger partial charge in [0.2, 0.25) is 5.91 Å². The smallest absolute Gasteiger partial charge is 0.335 e. The van der Waals surface area contributed by atoms with Crippen molar-refractivity contribution in [2.45, 2.75) is 39.2 Å². The number of ether oxygens (including phenoxy) is 1. The Kier molecular flexibility index (Phi) is 7.48. The zero-order valence-corrected chi connectivity index (χ0v) is 20.5. The molecule has 34 heavy (non-hydrogen) atoms. The molecule has 6 heteroatoms. The Morgan fingerprint density at radius 1 is 1.00 bits per heavy atom. The van der Waals surface area contributed by atoms with E-state index in [1.807, 2.05) is 48.5 Å². The second-order valence-electron chi connectivity index (χ2n) is 8.23. The molecule has 0 bridgehead atoms. The number of amides is 1. The normalized spacial score (nSPS) is 13.1. The molecule has 1 aliphatic rings. The summed E-state index contributed by atoms with van der Waals surface area (Å²) in [7, 11) is 0. The largest absolute Gasteiger partial charge is 0.488 e. The number of halogens is 1. The molecule has 1 amide bonds. The summed E-state index contributed by atoms with van der Waals surface area (Å²) < 4.78 is 7.17. The van der Waals surface area contributed by atoms with Crippen molar-refractivity contribution in [1.29, 1.82) is 0 Å². The molecule has 0 radical (unpaired) electrons. The van der Waals surface area contributed by atoms with Crippen LogP contribution in [0.15, 0.2) is 71.2 Å². The molecule has 0 aliphatic heterocycles. The molecule has 0 spiro atoms. The number of hydrogen-bond donors (Lipinski definition) is 2. The van der Waals surface area contributed by atoms with E-state index in [1.165, 1.54) is 6.07 Å². The van der Waals surface area contributed by atoms with E-state index >= 15 is 0 Å². The maximum absolute atomic E-state index is 12.0. The summed E-state index contributed by atoms with van der Waals surface area (Å²) in [4.78, 5) is 23.8. The van der Waals surface area contributed by atoms with E-state index in [9.17, 15) is 14.7 Å². The number of hydrogen-bond acceptors (Lipinski definition) is 3. The predicted octanol–water partition coefficient (Wildman–Crippen LogP) is 7.17. The Morgan fingerprint density at radius 3 is 2.50 bits per heavy atom. The number of rotatable bonds is 8. The Balaban J connectivity index is 1.75. The van der Waals surface area contributed by atoms with Crippen molar-refractivity contribution >= 4 is 44.6 Å². The van der Waals surface area contributed by atoms with Crippen molar-refractivity contribution in [2.24, 2.45) is 0 Å². The molecule has 0 aromatic heterocycles. The summed E-state index contributed by atoms with van der Waals surface area (Å²) >= 11 is 3.59. The van der Waals surface area contributed by atoms with Gasteiger partial charge >= 0.3 is 5.97 Å². The summed E-state index contributed by atoms with van der Waals surface area (Å²) in [6, 6.07) is 21.1. The van der Waals surface area contributed by atoms with Gasteiger partial charge in [-0.25, -0.2) is 4.79 Å². The molecule has 0 unspecified atom stereocenters. The maximum atomic E-state index is 12.0. The highest BCUT2D eigenvalue weighted by molar-refractivity contribution is 9.10.